The van der Waals surface area contributed by atoms with Crippen LogP contribution in [0.25, 0.3) is 0 Å². The summed E-state index contributed by atoms with van der Waals surface area (Å²) in [6, 6.07) is 13.7. The standard InChI is InChI=1S/C22H21N7O/c30-13-17-9-20(26-21-10-19(28-29-21)16-6-7-16)27-22(25-17)24-12-14-8-18(23-11-14)15-4-2-1-3-5-15/h1-5,8-10,13,16H,6-7,11-12H2,(H3,24,25,26,27,28,29). The number of aromatic amines is 1. The summed E-state index contributed by atoms with van der Waals surface area (Å²) in [5, 5.41) is 13.7. The van der Waals surface area contributed by atoms with Gasteiger partial charge in [-0.05, 0) is 30.1 Å². The smallest absolute Gasteiger partial charge is 0.225 e. The molecule has 150 valence electrons. The van der Waals surface area contributed by atoms with Gasteiger partial charge in [0, 0.05) is 30.3 Å². The second-order valence-electron chi connectivity index (χ2n) is 7.45. The number of benzene rings is 1. The lowest BCUT2D eigenvalue weighted by Gasteiger charge is -2.08. The summed E-state index contributed by atoms with van der Waals surface area (Å²) < 4.78 is 0. The van der Waals surface area contributed by atoms with Crippen molar-refractivity contribution in [3.8, 4) is 0 Å². The third-order valence-corrected chi connectivity index (χ3v) is 5.07. The Morgan fingerprint density at radius 2 is 1.97 bits per heavy atom. The molecule has 3 heterocycles. The highest BCUT2D eigenvalue weighted by Crippen LogP contribution is 2.39. The third-order valence-electron chi connectivity index (χ3n) is 5.07. The second kappa shape index (κ2) is 7.90. The molecule has 2 aliphatic rings. The largest absolute Gasteiger partial charge is 0.350 e. The Balaban J connectivity index is 1.26. The Labute approximate surface area is 173 Å². The number of rotatable bonds is 8. The Bertz CT molecular complexity index is 1130. The monoisotopic (exact) mass is 399 g/mol. The molecule has 1 aliphatic heterocycles. The number of hydrogen-bond donors (Lipinski definition) is 3. The first-order chi connectivity index (χ1) is 14.8. The SMILES string of the molecule is O=Cc1cc(Nc2cc(C3CC3)[nH]n2)nc(NCC2=CC(c3ccccc3)=NC2)n1. The van der Waals surface area contributed by atoms with Crippen LogP contribution in [0.4, 0.5) is 17.6 Å². The van der Waals surface area contributed by atoms with E-state index < -0.39 is 0 Å². The van der Waals surface area contributed by atoms with Crippen LogP contribution in [0.1, 0.15) is 40.5 Å². The summed E-state index contributed by atoms with van der Waals surface area (Å²) in [5.41, 5.74) is 4.63. The minimum Gasteiger partial charge on any atom is -0.350 e. The summed E-state index contributed by atoms with van der Waals surface area (Å²) in [7, 11) is 0. The number of anilines is 3. The number of hydrogen-bond acceptors (Lipinski definition) is 7. The van der Waals surface area contributed by atoms with E-state index in [1.165, 1.54) is 12.8 Å². The molecule has 0 atom stereocenters. The van der Waals surface area contributed by atoms with Crippen molar-refractivity contribution in [1.82, 2.24) is 20.2 Å². The van der Waals surface area contributed by atoms with Crippen molar-refractivity contribution in [2.75, 3.05) is 23.7 Å². The van der Waals surface area contributed by atoms with Crippen molar-refractivity contribution in [2.45, 2.75) is 18.8 Å². The maximum Gasteiger partial charge on any atom is 0.225 e. The Hall–Kier alpha value is -3.81. The molecule has 1 saturated carbocycles. The van der Waals surface area contributed by atoms with Crippen LogP contribution in [0.3, 0.4) is 0 Å². The first kappa shape index (κ1) is 18.2. The Kier molecular flexibility index (Phi) is 4.80. The maximum atomic E-state index is 11.3. The zero-order chi connectivity index (χ0) is 20.3. The second-order valence-corrected chi connectivity index (χ2v) is 7.45. The minimum absolute atomic E-state index is 0.301. The van der Waals surface area contributed by atoms with Gasteiger partial charge in [0.2, 0.25) is 5.95 Å². The van der Waals surface area contributed by atoms with Crippen molar-refractivity contribution in [2.24, 2.45) is 4.99 Å². The molecule has 8 nitrogen and oxygen atoms in total. The van der Waals surface area contributed by atoms with Gasteiger partial charge in [-0.3, -0.25) is 14.9 Å². The normalized spacial score (nSPS) is 15.5. The number of H-pyrrole nitrogens is 1. The fourth-order valence-electron chi connectivity index (χ4n) is 3.36. The van der Waals surface area contributed by atoms with Crippen molar-refractivity contribution < 1.29 is 4.79 Å². The minimum atomic E-state index is 0.301. The summed E-state index contributed by atoms with van der Waals surface area (Å²) in [6.45, 7) is 1.18. The van der Waals surface area contributed by atoms with E-state index in [2.05, 4.69) is 41.9 Å². The lowest BCUT2D eigenvalue weighted by molar-refractivity contribution is 0.111. The Morgan fingerprint density at radius 3 is 2.77 bits per heavy atom. The highest BCUT2D eigenvalue weighted by Gasteiger charge is 2.25. The molecular formula is C22H21N7O. The molecule has 0 spiro atoms. The first-order valence-corrected chi connectivity index (χ1v) is 9.96. The van der Waals surface area contributed by atoms with E-state index in [4.69, 9.17) is 0 Å². The van der Waals surface area contributed by atoms with E-state index in [0.29, 0.717) is 48.6 Å². The molecular weight excluding hydrogens is 378 g/mol. The molecule has 0 unspecified atom stereocenters. The predicted molar refractivity (Wildman–Crippen MR) is 116 cm³/mol. The number of aromatic nitrogens is 4. The lowest BCUT2D eigenvalue weighted by Crippen LogP contribution is -2.11. The van der Waals surface area contributed by atoms with Gasteiger partial charge in [-0.1, -0.05) is 30.3 Å². The van der Waals surface area contributed by atoms with E-state index in [9.17, 15) is 4.79 Å². The molecule has 30 heavy (non-hydrogen) atoms. The van der Waals surface area contributed by atoms with Gasteiger partial charge in [0.1, 0.15) is 11.5 Å². The van der Waals surface area contributed by atoms with Gasteiger partial charge >= 0.3 is 0 Å². The average Bonchev–Trinajstić information content (AvgIpc) is 3.34. The number of nitrogens with one attached hydrogen (secondary N) is 3. The molecule has 1 aromatic carbocycles. The van der Waals surface area contributed by atoms with Gasteiger partial charge in [0.15, 0.2) is 12.1 Å². The number of nitrogens with zero attached hydrogens (tertiary/aromatic N) is 4. The lowest BCUT2D eigenvalue weighted by atomic mass is 10.1. The fraction of sp³-hybridized carbons (Fsp3) is 0.227. The Morgan fingerprint density at radius 1 is 1.10 bits per heavy atom. The van der Waals surface area contributed by atoms with Gasteiger partial charge in [0.05, 0.1) is 12.3 Å². The summed E-state index contributed by atoms with van der Waals surface area (Å²) >= 11 is 0. The molecule has 5 rings (SSSR count). The molecule has 1 aliphatic carbocycles. The molecule has 1 fully saturated rings. The van der Waals surface area contributed by atoms with Crippen LogP contribution >= 0.6 is 0 Å². The van der Waals surface area contributed by atoms with E-state index in [1.54, 1.807) is 6.07 Å². The van der Waals surface area contributed by atoms with Crippen molar-refractivity contribution in [3.63, 3.8) is 0 Å². The highest BCUT2D eigenvalue weighted by atomic mass is 16.1. The number of carbonyl (C=O) groups is 1. The van der Waals surface area contributed by atoms with Crippen LogP contribution in [0.15, 0.2) is 59.1 Å². The van der Waals surface area contributed by atoms with Crippen LogP contribution in [0.2, 0.25) is 0 Å². The molecule has 0 amide bonds. The molecule has 3 aromatic rings. The molecule has 0 radical (unpaired) electrons. The summed E-state index contributed by atoms with van der Waals surface area (Å²) in [4.78, 5) is 24.6. The number of aliphatic imine (C=N–C) groups is 1. The molecule has 2 aromatic heterocycles. The van der Waals surface area contributed by atoms with Gasteiger partial charge in [-0.25, -0.2) is 4.98 Å². The van der Waals surface area contributed by atoms with Crippen LogP contribution in [-0.2, 0) is 0 Å². The van der Waals surface area contributed by atoms with E-state index in [1.807, 2.05) is 36.4 Å². The number of allylic oxidation sites excluding steroid dienone is 1. The molecule has 3 N–H and O–H groups in total. The van der Waals surface area contributed by atoms with Crippen molar-refractivity contribution in [3.05, 3.63) is 71.1 Å². The van der Waals surface area contributed by atoms with Gasteiger partial charge < -0.3 is 10.6 Å². The average molecular weight is 399 g/mol. The predicted octanol–water partition coefficient (Wildman–Crippen LogP) is 3.47. The highest BCUT2D eigenvalue weighted by molar-refractivity contribution is 6.10. The van der Waals surface area contributed by atoms with E-state index in [0.717, 1.165) is 22.5 Å². The van der Waals surface area contributed by atoms with Crippen LogP contribution in [0.5, 0.6) is 0 Å². The van der Waals surface area contributed by atoms with Crippen molar-refractivity contribution >= 4 is 29.6 Å². The zero-order valence-electron chi connectivity index (χ0n) is 16.3. The molecule has 8 heteroatoms. The van der Waals surface area contributed by atoms with Gasteiger partial charge in [-0.2, -0.15) is 10.1 Å². The van der Waals surface area contributed by atoms with Crippen LogP contribution in [-0.4, -0.2) is 45.3 Å². The zero-order valence-corrected chi connectivity index (χ0v) is 16.3. The molecule has 0 saturated heterocycles. The summed E-state index contributed by atoms with van der Waals surface area (Å²) in [5.74, 6) is 2.17. The number of carbonyl (C=O) groups excluding carboxylic acids is 1. The maximum absolute atomic E-state index is 11.3. The van der Waals surface area contributed by atoms with Gasteiger partial charge in [0.25, 0.3) is 0 Å². The van der Waals surface area contributed by atoms with E-state index in [-0.39, 0.29) is 0 Å². The van der Waals surface area contributed by atoms with Gasteiger partial charge in [-0.15, -0.1) is 0 Å². The number of aldehydes is 1. The topological polar surface area (TPSA) is 108 Å². The third kappa shape index (κ3) is 4.12. The quantitative estimate of drug-likeness (QED) is 0.501. The fourth-order valence-corrected chi connectivity index (χ4v) is 3.36. The van der Waals surface area contributed by atoms with Crippen LogP contribution in [0, 0.1) is 0 Å². The van der Waals surface area contributed by atoms with Crippen molar-refractivity contribution in [1.29, 1.82) is 0 Å². The van der Waals surface area contributed by atoms with Crippen LogP contribution < -0.4 is 10.6 Å². The first-order valence-electron chi connectivity index (χ1n) is 9.96. The van der Waals surface area contributed by atoms with E-state index >= 15 is 0 Å². The molecule has 0 bridgehead atoms. The summed E-state index contributed by atoms with van der Waals surface area (Å²) in [6.07, 6.45) is 5.19.